The first-order valence-electron chi connectivity index (χ1n) is 15.7. The zero-order chi connectivity index (χ0) is 34.4. The Hall–Kier alpha value is -5.16. The maximum absolute atomic E-state index is 13.8. The fourth-order valence-electron chi connectivity index (χ4n) is 5.35. The van der Waals surface area contributed by atoms with E-state index in [0.717, 1.165) is 35.3 Å². The van der Waals surface area contributed by atoms with Crippen LogP contribution >= 0.6 is 11.3 Å². The van der Waals surface area contributed by atoms with Crippen molar-refractivity contribution in [1.82, 2.24) is 4.98 Å². The highest BCUT2D eigenvalue weighted by Gasteiger charge is 2.48. The molecule has 1 aliphatic rings. The van der Waals surface area contributed by atoms with Gasteiger partial charge in [0.05, 0.1) is 37.6 Å². The first kappa shape index (κ1) is 34.2. The number of thiazole rings is 1. The summed E-state index contributed by atoms with van der Waals surface area (Å²) in [4.78, 5) is 46.1. The van der Waals surface area contributed by atoms with Crippen LogP contribution in [0.25, 0.3) is 5.76 Å². The number of hydrogen-bond acceptors (Lipinski definition) is 10. The zero-order valence-electron chi connectivity index (χ0n) is 27.6. The van der Waals surface area contributed by atoms with Gasteiger partial charge in [0.1, 0.15) is 23.0 Å². The Morgan fingerprint density at radius 1 is 0.979 bits per heavy atom. The van der Waals surface area contributed by atoms with Crippen LogP contribution in [0.4, 0.5) is 5.13 Å². The molecule has 11 heteroatoms. The number of nitrogens with zero attached hydrogens (tertiary/aromatic N) is 2. The summed E-state index contributed by atoms with van der Waals surface area (Å²) < 4.78 is 22.6. The summed E-state index contributed by atoms with van der Waals surface area (Å²) in [6.07, 6.45) is 1.81. The number of amides is 1. The van der Waals surface area contributed by atoms with E-state index in [1.807, 2.05) is 31.2 Å². The molecular formula is C37H38N2O8S. The summed E-state index contributed by atoms with van der Waals surface area (Å²) in [5, 5.41) is 11.8. The maximum Gasteiger partial charge on any atom is 0.350 e. The van der Waals surface area contributed by atoms with Crippen LogP contribution in [0.2, 0.25) is 0 Å². The smallest absolute Gasteiger partial charge is 0.350 e. The number of unbranched alkanes of at least 4 members (excludes halogenated alkanes) is 1. The molecule has 1 N–H and O–H groups in total. The van der Waals surface area contributed by atoms with Gasteiger partial charge in [0.15, 0.2) is 16.6 Å². The molecule has 1 fully saturated rings. The molecule has 0 radical (unpaired) electrons. The van der Waals surface area contributed by atoms with Crippen LogP contribution in [-0.2, 0) is 20.9 Å². The number of aliphatic hydroxyl groups is 1. The lowest BCUT2D eigenvalue weighted by Gasteiger charge is -2.24. The summed E-state index contributed by atoms with van der Waals surface area (Å²) in [5.41, 5.74) is 3.15. The van der Waals surface area contributed by atoms with Gasteiger partial charge in [-0.15, -0.1) is 0 Å². The lowest BCUT2D eigenvalue weighted by Crippen LogP contribution is -2.29. The van der Waals surface area contributed by atoms with E-state index in [1.54, 1.807) is 56.3 Å². The molecule has 3 aromatic carbocycles. The molecular weight excluding hydrogens is 632 g/mol. The molecule has 1 aliphatic heterocycles. The standard InChI is InChI=1S/C37H38N2O8S/c1-6-8-18-46-28-17-14-26(20-29(28)44-5)31-30(33(41)35(42)39(31)37-38-23(4)34(48-37)36(43)45-7-2)32(40)25-12-15-27(16-13-25)47-21-24-11-9-10-22(3)19-24/h9-17,19-20,31,40H,6-8,18,21H2,1-5H3. The van der Waals surface area contributed by atoms with E-state index >= 15 is 0 Å². The predicted molar refractivity (Wildman–Crippen MR) is 183 cm³/mol. The number of rotatable bonds is 13. The Balaban J connectivity index is 1.56. The Labute approximate surface area is 283 Å². The number of anilines is 1. The largest absolute Gasteiger partial charge is 0.507 e. The van der Waals surface area contributed by atoms with Crippen molar-refractivity contribution < 1.29 is 38.4 Å². The van der Waals surface area contributed by atoms with Crippen LogP contribution in [-0.4, -0.2) is 48.1 Å². The lowest BCUT2D eigenvalue weighted by atomic mass is 9.95. The summed E-state index contributed by atoms with van der Waals surface area (Å²) in [6, 6.07) is 18.6. The third-order valence-corrected chi connectivity index (χ3v) is 8.91. The number of aromatic nitrogens is 1. The molecule has 48 heavy (non-hydrogen) atoms. The van der Waals surface area contributed by atoms with Gasteiger partial charge in [0.2, 0.25) is 0 Å². The SMILES string of the molecule is CCCCOc1ccc(C2C(=C(O)c3ccc(OCc4cccc(C)c4)cc3)C(=O)C(=O)N2c2nc(C)c(C(=O)OCC)s2)cc1OC. The second kappa shape index (κ2) is 15.2. The molecule has 250 valence electrons. The molecule has 1 amide bonds. The van der Waals surface area contributed by atoms with Gasteiger partial charge >= 0.3 is 11.9 Å². The summed E-state index contributed by atoms with van der Waals surface area (Å²) >= 11 is 0.942. The number of carbonyl (C=O) groups excluding carboxylic acids is 3. The van der Waals surface area contributed by atoms with Crippen molar-refractivity contribution >= 4 is 39.9 Å². The van der Waals surface area contributed by atoms with Crippen molar-refractivity contribution in [1.29, 1.82) is 0 Å². The molecule has 1 unspecified atom stereocenters. The number of aliphatic hydroxyl groups excluding tert-OH is 1. The van der Waals surface area contributed by atoms with Gasteiger partial charge in [-0.25, -0.2) is 9.78 Å². The summed E-state index contributed by atoms with van der Waals surface area (Å²) in [6.45, 7) is 8.42. The van der Waals surface area contributed by atoms with Crippen LogP contribution in [0, 0.1) is 13.8 Å². The van der Waals surface area contributed by atoms with Gasteiger partial charge in [-0.2, -0.15) is 0 Å². The maximum atomic E-state index is 13.8. The molecule has 10 nitrogen and oxygen atoms in total. The molecule has 5 rings (SSSR count). The minimum atomic E-state index is -1.10. The Morgan fingerprint density at radius 3 is 2.44 bits per heavy atom. The second-order valence-corrected chi connectivity index (χ2v) is 12.2. The molecule has 1 saturated heterocycles. The van der Waals surface area contributed by atoms with Crippen molar-refractivity contribution in [2.24, 2.45) is 0 Å². The molecule has 0 saturated carbocycles. The Kier molecular flexibility index (Phi) is 10.8. The van der Waals surface area contributed by atoms with Crippen LogP contribution < -0.4 is 19.1 Å². The Bertz CT molecular complexity index is 1850. The second-order valence-electron chi connectivity index (χ2n) is 11.2. The highest BCUT2D eigenvalue weighted by molar-refractivity contribution is 7.17. The van der Waals surface area contributed by atoms with Gasteiger partial charge in [-0.3, -0.25) is 14.5 Å². The van der Waals surface area contributed by atoms with E-state index in [0.29, 0.717) is 47.3 Å². The molecule has 1 atom stereocenters. The molecule has 2 heterocycles. The minimum absolute atomic E-state index is 0.115. The van der Waals surface area contributed by atoms with Crippen molar-refractivity contribution in [3.63, 3.8) is 0 Å². The summed E-state index contributed by atoms with van der Waals surface area (Å²) in [7, 11) is 1.50. The predicted octanol–water partition coefficient (Wildman–Crippen LogP) is 7.33. The number of ketones is 1. The number of aryl methyl sites for hydroxylation is 2. The van der Waals surface area contributed by atoms with E-state index in [4.69, 9.17) is 18.9 Å². The zero-order valence-corrected chi connectivity index (χ0v) is 28.4. The van der Waals surface area contributed by atoms with E-state index in [-0.39, 0.29) is 27.9 Å². The van der Waals surface area contributed by atoms with Gasteiger partial charge in [-0.1, -0.05) is 60.6 Å². The van der Waals surface area contributed by atoms with Crippen LogP contribution in [0.3, 0.4) is 0 Å². The van der Waals surface area contributed by atoms with Gasteiger partial charge in [-0.05, 0) is 74.7 Å². The van der Waals surface area contributed by atoms with Crippen LogP contribution in [0.15, 0.2) is 72.3 Å². The topological polar surface area (TPSA) is 124 Å². The van der Waals surface area contributed by atoms with E-state index in [1.165, 1.54) is 12.0 Å². The van der Waals surface area contributed by atoms with Crippen LogP contribution in [0.5, 0.6) is 17.2 Å². The number of carbonyl (C=O) groups is 3. The van der Waals surface area contributed by atoms with Gasteiger partial charge in [0.25, 0.3) is 5.78 Å². The highest BCUT2D eigenvalue weighted by atomic mass is 32.1. The first-order valence-corrected chi connectivity index (χ1v) is 16.5. The van der Waals surface area contributed by atoms with E-state index in [2.05, 4.69) is 11.9 Å². The number of hydrogen-bond donors (Lipinski definition) is 1. The van der Waals surface area contributed by atoms with Crippen molar-refractivity contribution in [3.05, 3.63) is 105 Å². The number of benzene rings is 3. The number of Topliss-reactive ketones (excluding diaryl/α,β-unsaturated/α-hetero) is 1. The minimum Gasteiger partial charge on any atom is -0.507 e. The summed E-state index contributed by atoms with van der Waals surface area (Å²) in [5.74, 6) is -1.28. The van der Waals surface area contributed by atoms with Crippen molar-refractivity contribution in [2.75, 3.05) is 25.2 Å². The number of ether oxygens (including phenoxy) is 4. The normalized spacial score (nSPS) is 15.4. The first-order chi connectivity index (χ1) is 23.2. The van der Waals surface area contributed by atoms with E-state index < -0.39 is 23.7 Å². The average molecular weight is 671 g/mol. The number of methoxy groups -OCH3 is 1. The third-order valence-electron chi connectivity index (χ3n) is 7.77. The van der Waals surface area contributed by atoms with Gasteiger partial charge in [0, 0.05) is 5.56 Å². The quantitative estimate of drug-likeness (QED) is 0.0512. The van der Waals surface area contributed by atoms with Gasteiger partial charge < -0.3 is 24.1 Å². The molecule has 4 aromatic rings. The fourth-order valence-corrected chi connectivity index (χ4v) is 6.34. The third kappa shape index (κ3) is 7.21. The molecule has 1 aromatic heterocycles. The van der Waals surface area contributed by atoms with Crippen molar-refractivity contribution in [2.45, 2.75) is 53.2 Å². The van der Waals surface area contributed by atoms with Crippen LogP contribution in [0.1, 0.15) is 70.4 Å². The molecule has 0 aliphatic carbocycles. The van der Waals surface area contributed by atoms with Crippen molar-refractivity contribution in [3.8, 4) is 17.2 Å². The molecule has 0 bridgehead atoms. The lowest BCUT2D eigenvalue weighted by molar-refractivity contribution is -0.132. The number of esters is 1. The average Bonchev–Trinajstić information content (AvgIpc) is 3.59. The molecule has 0 spiro atoms. The fraction of sp³-hybridized carbons (Fsp3) is 0.297. The Morgan fingerprint density at radius 2 is 1.75 bits per heavy atom. The van der Waals surface area contributed by atoms with E-state index in [9.17, 15) is 19.5 Å². The highest BCUT2D eigenvalue weighted by Crippen LogP contribution is 2.45. The monoisotopic (exact) mass is 670 g/mol.